The molecule has 1 aromatic heterocycles. The van der Waals surface area contributed by atoms with Crippen LogP contribution in [-0.2, 0) is 21.2 Å². The zero-order valence-corrected chi connectivity index (χ0v) is 18.7. The molecule has 0 saturated carbocycles. The van der Waals surface area contributed by atoms with Crippen molar-refractivity contribution in [2.24, 2.45) is 0 Å². The number of methoxy groups -OCH3 is 1. The number of rotatable bonds is 6. The van der Waals surface area contributed by atoms with Crippen LogP contribution in [0.1, 0.15) is 30.3 Å². The van der Waals surface area contributed by atoms with Crippen LogP contribution in [0.4, 0.5) is 15.9 Å². The summed E-state index contributed by atoms with van der Waals surface area (Å²) in [6.07, 6.45) is 0.486. The Morgan fingerprint density at radius 3 is 2.67 bits per heavy atom. The molecule has 4 rings (SSSR count). The smallest absolute Gasteiger partial charge is 0.265 e. The van der Waals surface area contributed by atoms with Gasteiger partial charge in [-0.1, -0.05) is 19.1 Å². The van der Waals surface area contributed by atoms with Gasteiger partial charge in [0.2, 0.25) is 11.8 Å². The van der Waals surface area contributed by atoms with Crippen molar-refractivity contribution < 1.29 is 27.1 Å². The zero-order valence-electron chi connectivity index (χ0n) is 17.9. The minimum Gasteiger partial charge on any atom is -0.495 e. The molecule has 1 aliphatic heterocycles. The number of hydrogen-bond donors (Lipinski definition) is 2. The number of hydrogen-bond acceptors (Lipinski definition) is 6. The lowest BCUT2D eigenvalue weighted by Gasteiger charge is -2.14. The Labute approximate surface area is 189 Å². The number of carbonyl (C=O) groups is 2. The minimum absolute atomic E-state index is 0.0168. The van der Waals surface area contributed by atoms with E-state index in [0.717, 1.165) is 10.7 Å². The first kappa shape index (κ1) is 22.5. The van der Waals surface area contributed by atoms with Crippen LogP contribution in [0.3, 0.4) is 0 Å². The topological polar surface area (TPSA) is 119 Å². The third-order valence-corrected chi connectivity index (χ3v) is 6.57. The molecule has 2 heterocycles. The Bertz CT molecular complexity index is 1370. The summed E-state index contributed by atoms with van der Waals surface area (Å²) in [5.74, 6) is -0.991. The van der Waals surface area contributed by atoms with Gasteiger partial charge in [-0.2, -0.15) is 9.78 Å². The molecule has 172 valence electrons. The highest BCUT2D eigenvalue weighted by atomic mass is 32.2. The van der Waals surface area contributed by atoms with E-state index in [-0.39, 0.29) is 46.8 Å². The molecule has 0 atom stereocenters. The number of fused-ring (bicyclic) bond motifs is 1. The number of anilines is 2. The van der Waals surface area contributed by atoms with Crippen molar-refractivity contribution in [1.82, 2.24) is 9.78 Å². The second-order valence-corrected chi connectivity index (χ2v) is 9.01. The maximum Gasteiger partial charge on any atom is 0.265 e. The summed E-state index contributed by atoms with van der Waals surface area (Å²) < 4.78 is 48.6. The number of carbonyl (C=O) groups excluding carboxylic acids is 2. The molecule has 0 spiro atoms. The number of sulfonamides is 1. The molecule has 2 aromatic carbocycles. The van der Waals surface area contributed by atoms with Gasteiger partial charge < -0.3 is 10.1 Å². The van der Waals surface area contributed by atoms with Crippen LogP contribution in [0.5, 0.6) is 5.75 Å². The minimum atomic E-state index is -4.18. The number of nitrogens with one attached hydrogen (secondary N) is 2. The summed E-state index contributed by atoms with van der Waals surface area (Å²) in [5, 5.41) is 7.06. The predicted molar refractivity (Wildman–Crippen MR) is 119 cm³/mol. The maximum atomic E-state index is 13.5. The highest BCUT2D eigenvalue weighted by Gasteiger charge is 2.28. The Kier molecular flexibility index (Phi) is 5.90. The number of aromatic nitrogens is 2. The van der Waals surface area contributed by atoms with E-state index >= 15 is 0 Å². The molecule has 3 aromatic rings. The number of ether oxygens (including phenoxy) is 1. The van der Waals surface area contributed by atoms with Crippen LogP contribution in [0.2, 0.25) is 0 Å². The molecule has 0 radical (unpaired) electrons. The van der Waals surface area contributed by atoms with Gasteiger partial charge in [0.05, 0.1) is 18.5 Å². The second-order valence-electron chi connectivity index (χ2n) is 7.36. The molecular weight excluding hydrogens is 451 g/mol. The fraction of sp³-hybridized carbons (Fsp3) is 0.227. The summed E-state index contributed by atoms with van der Waals surface area (Å²) in [7, 11) is -2.85. The van der Waals surface area contributed by atoms with Gasteiger partial charge in [-0.3, -0.25) is 14.3 Å². The van der Waals surface area contributed by atoms with Gasteiger partial charge >= 0.3 is 0 Å². The molecule has 0 unspecified atom stereocenters. The predicted octanol–water partition coefficient (Wildman–Crippen LogP) is 3.43. The average molecular weight is 472 g/mol. The Hall–Kier alpha value is -3.73. The molecule has 1 aliphatic rings. The first-order valence-electron chi connectivity index (χ1n) is 10.1. The van der Waals surface area contributed by atoms with Crippen molar-refractivity contribution >= 4 is 33.3 Å². The molecule has 2 N–H and O–H groups in total. The number of benzene rings is 2. The van der Waals surface area contributed by atoms with E-state index in [1.165, 1.54) is 37.4 Å². The van der Waals surface area contributed by atoms with Crippen molar-refractivity contribution in [3.05, 3.63) is 54.0 Å². The molecule has 0 aliphatic carbocycles. The van der Waals surface area contributed by atoms with Gasteiger partial charge in [0.1, 0.15) is 22.3 Å². The van der Waals surface area contributed by atoms with Crippen LogP contribution in [-0.4, -0.2) is 37.1 Å². The van der Waals surface area contributed by atoms with E-state index in [1.54, 1.807) is 6.07 Å². The van der Waals surface area contributed by atoms with E-state index in [1.807, 2.05) is 6.92 Å². The van der Waals surface area contributed by atoms with Crippen LogP contribution in [0, 0.1) is 5.82 Å². The van der Waals surface area contributed by atoms with Crippen molar-refractivity contribution in [2.75, 3.05) is 17.1 Å². The van der Waals surface area contributed by atoms with Gasteiger partial charge in [0, 0.05) is 18.4 Å². The Morgan fingerprint density at radius 2 is 1.97 bits per heavy atom. The normalized spacial score (nSPS) is 13.8. The van der Waals surface area contributed by atoms with E-state index < -0.39 is 15.8 Å². The quantitative estimate of drug-likeness (QED) is 0.567. The molecule has 9 nitrogen and oxygen atoms in total. The number of amides is 1. The van der Waals surface area contributed by atoms with Gasteiger partial charge in [-0.25, -0.2) is 12.8 Å². The number of aryl methyl sites for hydroxylation is 1. The summed E-state index contributed by atoms with van der Waals surface area (Å²) in [6.45, 7) is 1.84. The lowest BCUT2D eigenvalue weighted by Crippen LogP contribution is -2.15. The Morgan fingerprint density at radius 1 is 1.18 bits per heavy atom. The number of halogens is 1. The van der Waals surface area contributed by atoms with Crippen molar-refractivity contribution in [3.63, 3.8) is 0 Å². The first-order valence-corrected chi connectivity index (χ1v) is 11.6. The summed E-state index contributed by atoms with van der Waals surface area (Å²) >= 11 is 0. The van der Waals surface area contributed by atoms with Crippen LogP contribution in [0.25, 0.3) is 11.1 Å². The molecule has 1 amide bonds. The lowest BCUT2D eigenvalue weighted by molar-refractivity contribution is -0.116. The van der Waals surface area contributed by atoms with E-state index in [0.29, 0.717) is 23.2 Å². The fourth-order valence-corrected chi connectivity index (χ4v) is 4.88. The van der Waals surface area contributed by atoms with E-state index in [2.05, 4.69) is 15.1 Å². The first-order chi connectivity index (χ1) is 15.7. The van der Waals surface area contributed by atoms with Gasteiger partial charge in [0.15, 0.2) is 0 Å². The molecule has 0 saturated heterocycles. The third-order valence-electron chi connectivity index (χ3n) is 5.17. The average Bonchev–Trinajstić information content (AvgIpc) is 3.08. The Balaban J connectivity index is 1.86. The number of nitrogens with zero attached hydrogens (tertiary/aromatic N) is 2. The largest absolute Gasteiger partial charge is 0.495 e. The van der Waals surface area contributed by atoms with Crippen LogP contribution >= 0.6 is 0 Å². The van der Waals surface area contributed by atoms with Gasteiger partial charge in [-0.05, 0) is 42.3 Å². The van der Waals surface area contributed by atoms with Crippen molar-refractivity contribution in [3.8, 4) is 16.9 Å². The summed E-state index contributed by atoms with van der Waals surface area (Å²) in [6, 6.07) is 9.53. The van der Waals surface area contributed by atoms with E-state index in [9.17, 15) is 22.4 Å². The van der Waals surface area contributed by atoms with Gasteiger partial charge in [-0.15, -0.1) is 0 Å². The molecule has 33 heavy (non-hydrogen) atoms. The van der Waals surface area contributed by atoms with E-state index in [4.69, 9.17) is 4.74 Å². The molecule has 0 bridgehead atoms. The lowest BCUT2D eigenvalue weighted by atomic mass is 10.0. The molecule has 11 heteroatoms. The second kappa shape index (κ2) is 8.66. The monoisotopic (exact) mass is 472 g/mol. The summed E-state index contributed by atoms with van der Waals surface area (Å²) in [4.78, 5) is 24.4. The standard InChI is InChI=1S/C22H21FN4O5S/c1-3-16-21(22-24-19(28)9-10-20(29)27(22)25-16)13-7-8-17(32-2)18(11-13)33(30,31)26-15-6-4-5-14(23)12-15/h4-8,11-12,26H,3,9-10H2,1-2H3,(H,24,28). The SMILES string of the molecule is CCc1nn2c(c1-c1ccc(OC)c(S(=O)(=O)Nc3cccc(F)c3)c1)NC(=O)CCC2=O. The van der Waals surface area contributed by atoms with Crippen LogP contribution < -0.4 is 14.8 Å². The van der Waals surface area contributed by atoms with Gasteiger partial charge in [0.25, 0.3) is 10.0 Å². The summed E-state index contributed by atoms with van der Waals surface area (Å²) in [5.41, 5.74) is 1.44. The highest BCUT2D eigenvalue weighted by molar-refractivity contribution is 7.92. The van der Waals surface area contributed by atoms with Crippen molar-refractivity contribution in [1.29, 1.82) is 0 Å². The maximum absolute atomic E-state index is 13.5. The fourth-order valence-electron chi connectivity index (χ4n) is 3.64. The zero-order chi connectivity index (χ0) is 23.8. The third kappa shape index (κ3) is 4.31. The molecule has 0 fully saturated rings. The highest BCUT2D eigenvalue weighted by Crippen LogP contribution is 2.37. The van der Waals surface area contributed by atoms with Crippen molar-refractivity contribution in [2.45, 2.75) is 31.1 Å². The van der Waals surface area contributed by atoms with Crippen LogP contribution in [0.15, 0.2) is 47.4 Å². The molecular formula is C22H21FN4O5S.